The van der Waals surface area contributed by atoms with E-state index in [1.54, 1.807) is 55.5 Å². The molecule has 0 aliphatic carbocycles. The summed E-state index contributed by atoms with van der Waals surface area (Å²) in [6, 6.07) is 22.7. The van der Waals surface area contributed by atoms with Gasteiger partial charge >= 0.3 is 0 Å². The summed E-state index contributed by atoms with van der Waals surface area (Å²) in [6.45, 7) is 1.68. The molecule has 0 saturated heterocycles. The fourth-order valence-electron chi connectivity index (χ4n) is 4.17. The molecule has 0 saturated carbocycles. The molecule has 3 aromatic heterocycles. The number of nitro benzene ring substituents is 1. The van der Waals surface area contributed by atoms with Crippen molar-refractivity contribution in [3.8, 4) is 22.9 Å². The summed E-state index contributed by atoms with van der Waals surface area (Å²) in [7, 11) is 0. The summed E-state index contributed by atoms with van der Waals surface area (Å²) in [4.78, 5) is 29.0. The molecule has 3 heterocycles. The second-order valence-corrected chi connectivity index (χ2v) is 9.48. The van der Waals surface area contributed by atoms with Gasteiger partial charge in [0.1, 0.15) is 17.1 Å². The zero-order chi connectivity index (χ0) is 26.4. The van der Waals surface area contributed by atoms with E-state index in [2.05, 4.69) is 26.0 Å². The van der Waals surface area contributed by atoms with E-state index in [-0.39, 0.29) is 17.1 Å². The lowest BCUT2D eigenvalue weighted by atomic mass is 10.1. The van der Waals surface area contributed by atoms with Gasteiger partial charge in [0.15, 0.2) is 5.76 Å². The number of benzene rings is 3. The fraction of sp³-hybridized carbons (Fsp3) is 0.0357. The van der Waals surface area contributed by atoms with Gasteiger partial charge in [-0.15, -0.1) is 0 Å². The standard InChI is InChI=1S/C28H17BrN4O5/c1-16-6-7-17(13-23(16)33(35)36)24-11-9-20(37-24)15-30-32-27(31-22-5-3-2-4-21(22)28(32)34)26-14-18-12-19(29)8-10-25(18)38-26/h2-15H,1H3. The highest BCUT2D eigenvalue weighted by Gasteiger charge is 2.17. The third kappa shape index (κ3) is 4.20. The summed E-state index contributed by atoms with van der Waals surface area (Å²) in [5, 5.41) is 17.0. The summed E-state index contributed by atoms with van der Waals surface area (Å²) in [6.07, 6.45) is 1.40. The molecular formula is C28H17BrN4O5. The van der Waals surface area contributed by atoms with Crippen LogP contribution in [0.4, 0.5) is 5.69 Å². The summed E-state index contributed by atoms with van der Waals surface area (Å²) in [5.74, 6) is 1.40. The van der Waals surface area contributed by atoms with Crippen LogP contribution < -0.4 is 5.56 Å². The van der Waals surface area contributed by atoms with Crippen molar-refractivity contribution in [2.45, 2.75) is 6.92 Å². The first-order valence-corrected chi connectivity index (χ1v) is 12.3. The highest BCUT2D eigenvalue weighted by Crippen LogP contribution is 2.30. The highest BCUT2D eigenvalue weighted by molar-refractivity contribution is 9.10. The molecular weight excluding hydrogens is 552 g/mol. The van der Waals surface area contributed by atoms with Crippen LogP contribution in [-0.4, -0.2) is 20.8 Å². The van der Waals surface area contributed by atoms with Crippen molar-refractivity contribution in [1.29, 1.82) is 0 Å². The molecule has 6 rings (SSSR count). The van der Waals surface area contributed by atoms with Crippen LogP contribution >= 0.6 is 15.9 Å². The van der Waals surface area contributed by atoms with Gasteiger partial charge in [-0.05, 0) is 55.5 Å². The van der Waals surface area contributed by atoms with Gasteiger partial charge in [0.2, 0.25) is 5.82 Å². The average molecular weight is 569 g/mol. The Bertz CT molecular complexity index is 1970. The molecule has 0 atom stereocenters. The van der Waals surface area contributed by atoms with E-state index in [4.69, 9.17) is 8.83 Å². The van der Waals surface area contributed by atoms with Crippen molar-refractivity contribution in [1.82, 2.24) is 9.66 Å². The third-order valence-electron chi connectivity index (χ3n) is 6.07. The number of halogens is 1. The van der Waals surface area contributed by atoms with Gasteiger partial charge < -0.3 is 8.83 Å². The van der Waals surface area contributed by atoms with Crippen molar-refractivity contribution in [3.63, 3.8) is 0 Å². The smallest absolute Gasteiger partial charge is 0.282 e. The van der Waals surface area contributed by atoms with E-state index in [0.29, 0.717) is 44.9 Å². The van der Waals surface area contributed by atoms with Crippen LogP contribution in [-0.2, 0) is 0 Å². The molecule has 0 aliphatic heterocycles. The zero-order valence-corrected chi connectivity index (χ0v) is 21.4. The molecule has 38 heavy (non-hydrogen) atoms. The summed E-state index contributed by atoms with van der Waals surface area (Å²) in [5.41, 5.74) is 1.90. The largest absolute Gasteiger partial charge is 0.455 e. The first-order valence-electron chi connectivity index (χ1n) is 11.5. The molecule has 0 N–H and O–H groups in total. The van der Waals surface area contributed by atoms with Crippen molar-refractivity contribution in [3.05, 3.63) is 115 Å². The number of rotatable bonds is 5. The van der Waals surface area contributed by atoms with Gasteiger partial charge in [-0.2, -0.15) is 9.78 Å². The molecule has 0 aliphatic rings. The fourth-order valence-corrected chi connectivity index (χ4v) is 4.54. The van der Waals surface area contributed by atoms with Gasteiger partial charge in [0.05, 0.1) is 22.0 Å². The Morgan fingerprint density at radius 1 is 1.00 bits per heavy atom. The maximum absolute atomic E-state index is 13.4. The van der Waals surface area contributed by atoms with E-state index in [9.17, 15) is 14.9 Å². The van der Waals surface area contributed by atoms with E-state index in [0.717, 1.165) is 9.86 Å². The maximum Gasteiger partial charge on any atom is 0.282 e. The lowest BCUT2D eigenvalue weighted by molar-refractivity contribution is -0.385. The first kappa shape index (κ1) is 23.6. The van der Waals surface area contributed by atoms with Gasteiger partial charge in [-0.1, -0.05) is 40.2 Å². The number of hydrogen-bond acceptors (Lipinski definition) is 7. The van der Waals surface area contributed by atoms with Gasteiger partial charge in [-0.25, -0.2) is 4.98 Å². The Morgan fingerprint density at radius 2 is 1.84 bits per heavy atom. The van der Waals surface area contributed by atoms with Crippen LogP contribution in [0.25, 0.3) is 44.8 Å². The lowest BCUT2D eigenvalue weighted by Gasteiger charge is -2.06. The average Bonchev–Trinajstić information content (AvgIpc) is 3.55. The number of furan rings is 2. The highest BCUT2D eigenvalue weighted by atomic mass is 79.9. The van der Waals surface area contributed by atoms with Crippen molar-refractivity contribution < 1.29 is 13.8 Å². The molecule has 0 radical (unpaired) electrons. The minimum atomic E-state index is -0.429. The molecule has 9 nitrogen and oxygen atoms in total. The molecule has 10 heteroatoms. The number of para-hydroxylation sites is 1. The Kier molecular flexibility index (Phi) is 5.73. The van der Waals surface area contributed by atoms with Crippen LogP contribution in [0, 0.1) is 17.0 Å². The Labute approximate surface area is 222 Å². The number of hydrogen-bond donors (Lipinski definition) is 0. The molecule has 3 aromatic carbocycles. The molecule has 0 spiro atoms. The minimum absolute atomic E-state index is 0.00501. The van der Waals surface area contributed by atoms with Crippen LogP contribution in [0.1, 0.15) is 11.3 Å². The van der Waals surface area contributed by atoms with Crippen molar-refractivity contribution in [2.24, 2.45) is 5.10 Å². The molecule has 186 valence electrons. The van der Waals surface area contributed by atoms with Crippen molar-refractivity contribution >= 4 is 49.7 Å². The van der Waals surface area contributed by atoms with E-state index in [1.807, 2.05) is 24.3 Å². The van der Waals surface area contributed by atoms with Crippen molar-refractivity contribution in [2.75, 3.05) is 0 Å². The number of nitro groups is 1. The quantitative estimate of drug-likeness (QED) is 0.126. The molecule has 0 amide bonds. The first-order chi connectivity index (χ1) is 18.4. The van der Waals surface area contributed by atoms with E-state index >= 15 is 0 Å². The summed E-state index contributed by atoms with van der Waals surface area (Å²) >= 11 is 3.46. The van der Waals surface area contributed by atoms with Crippen LogP contribution in [0.5, 0.6) is 0 Å². The number of nitrogens with zero attached hydrogens (tertiary/aromatic N) is 4. The van der Waals surface area contributed by atoms with E-state index < -0.39 is 4.92 Å². The number of aromatic nitrogens is 2. The van der Waals surface area contributed by atoms with Gasteiger partial charge in [0.25, 0.3) is 11.2 Å². The minimum Gasteiger partial charge on any atom is -0.455 e. The Balaban J connectivity index is 1.44. The molecule has 0 bridgehead atoms. The normalized spacial score (nSPS) is 11.6. The molecule has 6 aromatic rings. The van der Waals surface area contributed by atoms with E-state index in [1.165, 1.54) is 17.0 Å². The second kappa shape index (κ2) is 9.24. The Morgan fingerprint density at radius 3 is 2.68 bits per heavy atom. The van der Waals surface area contributed by atoms with Crippen LogP contribution in [0.15, 0.2) is 102 Å². The molecule has 0 unspecified atom stereocenters. The molecule has 0 fully saturated rings. The maximum atomic E-state index is 13.4. The van der Waals surface area contributed by atoms with Gasteiger partial charge in [0, 0.05) is 27.1 Å². The lowest BCUT2D eigenvalue weighted by Crippen LogP contribution is -2.20. The predicted octanol–water partition coefficient (Wildman–Crippen LogP) is 6.93. The predicted molar refractivity (Wildman–Crippen MR) is 147 cm³/mol. The van der Waals surface area contributed by atoms with Crippen LogP contribution in [0.2, 0.25) is 0 Å². The second-order valence-electron chi connectivity index (χ2n) is 8.57. The third-order valence-corrected chi connectivity index (χ3v) is 6.56. The number of fused-ring (bicyclic) bond motifs is 2. The van der Waals surface area contributed by atoms with Crippen LogP contribution in [0.3, 0.4) is 0 Å². The topological polar surface area (TPSA) is 117 Å². The number of aryl methyl sites for hydroxylation is 1. The van der Waals surface area contributed by atoms with Gasteiger partial charge in [-0.3, -0.25) is 14.9 Å². The zero-order valence-electron chi connectivity index (χ0n) is 19.8. The monoisotopic (exact) mass is 568 g/mol. The summed E-state index contributed by atoms with van der Waals surface area (Å²) < 4.78 is 13.9. The Hall–Kier alpha value is -4.83. The SMILES string of the molecule is Cc1ccc(-c2ccc(C=Nn3c(-c4cc5cc(Br)ccc5o4)nc4ccccc4c3=O)o2)cc1[N+](=O)[O-].